The third-order valence-electron chi connectivity index (χ3n) is 4.12. The van der Waals surface area contributed by atoms with Gasteiger partial charge in [-0.25, -0.2) is 0 Å². The summed E-state index contributed by atoms with van der Waals surface area (Å²) in [5.74, 6) is 0.0889. The van der Waals surface area contributed by atoms with Crippen molar-refractivity contribution < 1.29 is 4.79 Å². The Labute approximate surface area is 121 Å². The van der Waals surface area contributed by atoms with Gasteiger partial charge in [0.15, 0.2) is 0 Å². The molecule has 0 unspecified atom stereocenters. The Bertz CT molecular complexity index is 425. The second-order valence-corrected chi connectivity index (χ2v) is 5.82. The summed E-state index contributed by atoms with van der Waals surface area (Å²) in [5, 5.41) is 0. The molecule has 0 aromatic heterocycles. The van der Waals surface area contributed by atoms with Gasteiger partial charge in [0.05, 0.1) is 6.04 Å². The first kappa shape index (κ1) is 15.0. The Balaban J connectivity index is 1.85. The third kappa shape index (κ3) is 3.81. The maximum atomic E-state index is 12.4. The van der Waals surface area contributed by atoms with E-state index in [1.807, 2.05) is 35.2 Å². The van der Waals surface area contributed by atoms with Crippen LogP contribution in [0.3, 0.4) is 0 Å². The van der Waals surface area contributed by atoms with Gasteiger partial charge in [0.25, 0.3) is 0 Å². The number of rotatable bonds is 4. The van der Waals surface area contributed by atoms with Gasteiger partial charge in [-0.05, 0) is 38.9 Å². The van der Waals surface area contributed by atoms with Crippen LogP contribution >= 0.6 is 0 Å². The van der Waals surface area contributed by atoms with Gasteiger partial charge in [0.1, 0.15) is 0 Å². The van der Waals surface area contributed by atoms with Gasteiger partial charge in [-0.15, -0.1) is 0 Å². The van der Waals surface area contributed by atoms with Crippen molar-refractivity contribution in [1.29, 1.82) is 0 Å². The largest absolute Gasteiger partial charge is 0.341 e. The predicted molar refractivity (Wildman–Crippen MR) is 81.4 cm³/mol. The predicted octanol–water partition coefficient (Wildman–Crippen LogP) is 1.11. The number of carbonyl (C=O) groups is 1. The molecule has 1 aliphatic rings. The van der Waals surface area contributed by atoms with Gasteiger partial charge in [0.2, 0.25) is 5.91 Å². The van der Waals surface area contributed by atoms with E-state index >= 15 is 0 Å². The SMILES string of the molecule is CN(C)C1CCN(C(=O)[C@H](N)Cc2ccccc2)CC1. The van der Waals surface area contributed by atoms with Crippen LogP contribution in [0.25, 0.3) is 0 Å². The highest BCUT2D eigenvalue weighted by Crippen LogP contribution is 2.15. The number of carbonyl (C=O) groups excluding carboxylic acids is 1. The molecule has 1 aliphatic heterocycles. The number of benzene rings is 1. The topological polar surface area (TPSA) is 49.6 Å². The van der Waals surface area contributed by atoms with Crippen molar-refractivity contribution in [3.05, 3.63) is 35.9 Å². The van der Waals surface area contributed by atoms with E-state index in [0.717, 1.165) is 31.5 Å². The van der Waals surface area contributed by atoms with Gasteiger partial charge >= 0.3 is 0 Å². The Kier molecular flexibility index (Phi) is 5.15. The van der Waals surface area contributed by atoms with Crippen molar-refractivity contribution in [2.24, 2.45) is 5.73 Å². The van der Waals surface area contributed by atoms with Crippen LogP contribution in [0.4, 0.5) is 0 Å². The molecule has 0 spiro atoms. The van der Waals surface area contributed by atoms with Crippen LogP contribution in [0.1, 0.15) is 18.4 Å². The average molecular weight is 275 g/mol. The van der Waals surface area contributed by atoms with Gasteiger partial charge < -0.3 is 15.5 Å². The summed E-state index contributed by atoms with van der Waals surface area (Å²) >= 11 is 0. The minimum Gasteiger partial charge on any atom is -0.341 e. The summed E-state index contributed by atoms with van der Waals surface area (Å²) in [6.07, 6.45) is 2.70. The number of piperidine rings is 1. The van der Waals surface area contributed by atoms with E-state index in [1.54, 1.807) is 0 Å². The molecule has 1 heterocycles. The summed E-state index contributed by atoms with van der Waals surface area (Å²) in [6.45, 7) is 1.65. The summed E-state index contributed by atoms with van der Waals surface area (Å²) in [7, 11) is 4.20. The summed E-state index contributed by atoms with van der Waals surface area (Å²) in [6, 6.07) is 10.1. The Morgan fingerprint density at radius 1 is 1.30 bits per heavy atom. The molecule has 1 aromatic carbocycles. The van der Waals surface area contributed by atoms with E-state index in [-0.39, 0.29) is 5.91 Å². The van der Waals surface area contributed by atoms with Gasteiger partial charge in [-0.3, -0.25) is 4.79 Å². The molecule has 1 saturated heterocycles. The lowest BCUT2D eigenvalue weighted by atomic mass is 10.0. The molecule has 1 amide bonds. The Morgan fingerprint density at radius 3 is 2.45 bits per heavy atom. The first-order valence-electron chi connectivity index (χ1n) is 7.32. The quantitative estimate of drug-likeness (QED) is 0.895. The fraction of sp³-hybridized carbons (Fsp3) is 0.562. The molecule has 20 heavy (non-hydrogen) atoms. The minimum atomic E-state index is -0.423. The molecule has 1 atom stereocenters. The van der Waals surface area contributed by atoms with Crippen LogP contribution in [-0.4, -0.2) is 55.0 Å². The molecular formula is C16H25N3O. The highest BCUT2D eigenvalue weighted by Gasteiger charge is 2.26. The van der Waals surface area contributed by atoms with Crippen molar-refractivity contribution in [1.82, 2.24) is 9.80 Å². The van der Waals surface area contributed by atoms with Crippen LogP contribution in [-0.2, 0) is 11.2 Å². The molecule has 4 heteroatoms. The van der Waals surface area contributed by atoms with E-state index in [4.69, 9.17) is 5.73 Å². The maximum Gasteiger partial charge on any atom is 0.239 e. The van der Waals surface area contributed by atoms with E-state index in [0.29, 0.717) is 12.5 Å². The van der Waals surface area contributed by atoms with Gasteiger partial charge in [-0.1, -0.05) is 30.3 Å². The molecule has 2 rings (SSSR count). The molecule has 0 bridgehead atoms. The molecule has 2 N–H and O–H groups in total. The van der Waals surface area contributed by atoms with E-state index in [9.17, 15) is 4.79 Å². The summed E-state index contributed by atoms with van der Waals surface area (Å²) < 4.78 is 0. The number of nitrogens with zero attached hydrogens (tertiary/aromatic N) is 2. The van der Waals surface area contributed by atoms with Crippen LogP contribution in [0, 0.1) is 0 Å². The summed E-state index contributed by atoms with van der Waals surface area (Å²) in [5.41, 5.74) is 7.19. The highest BCUT2D eigenvalue weighted by atomic mass is 16.2. The van der Waals surface area contributed by atoms with E-state index in [1.165, 1.54) is 0 Å². The number of nitrogens with two attached hydrogens (primary N) is 1. The molecule has 1 aromatic rings. The normalized spacial score (nSPS) is 18.3. The van der Waals surface area contributed by atoms with Crippen LogP contribution in [0.5, 0.6) is 0 Å². The number of hydrogen-bond donors (Lipinski definition) is 1. The fourth-order valence-corrected chi connectivity index (χ4v) is 2.79. The molecule has 1 fully saturated rings. The molecule has 110 valence electrons. The number of amides is 1. The third-order valence-corrected chi connectivity index (χ3v) is 4.12. The monoisotopic (exact) mass is 275 g/mol. The first-order valence-corrected chi connectivity index (χ1v) is 7.32. The first-order chi connectivity index (χ1) is 9.58. The lowest BCUT2D eigenvalue weighted by molar-refractivity contribution is -0.134. The van der Waals surface area contributed by atoms with Crippen molar-refractivity contribution in [3.8, 4) is 0 Å². The maximum absolute atomic E-state index is 12.4. The minimum absolute atomic E-state index is 0.0889. The van der Waals surface area contributed by atoms with Crippen molar-refractivity contribution >= 4 is 5.91 Å². The second-order valence-electron chi connectivity index (χ2n) is 5.82. The average Bonchev–Trinajstić information content (AvgIpc) is 2.47. The van der Waals surface area contributed by atoms with Crippen molar-refractivity contribution in [2.75, 3.05) is 27.2 Å². The van der Waals surface area contributed by atoms with Crippen LogP contribution in [0.2, 0.25) is 0 Å². The standard InChI is InChI=1S/C16H25N3O/c1-18(2)14-8-10-19(11-9-14)16(20)15(17)12-13-6-4-3-5-7-13/h3-7,14-15H,8-12,17H2,1-2H3/t15-/m1/s1. The molecule has 0 aliphatic carbocycles. The molecule has 0 saturated carbocycles. The number of hydrogen-bond acceptors (Lipinski definition) is 3. The lowest BCUT2D eigenvalue weighted by Crippen LogP contribution is -2.50. The van der Waals surface area contributed by atoms with E-state index < -0.39 is 6.04 Å². The number of likely N-dealkylation sites (tertiary alicyclic amines) is 1. The fourth-order valence-electron chi connectivity index (χ4n) is 2.79. The van der Waals surface area contributed by atoms with Crippen molar-refractivity contribution in [3.63, 3.8) is 0 Å². The van der Waals surface area contributed by atoms with Gasteiger partial charge in [-0.2, -0.15) is 0 Å². The molecule has 4 nitrogen and oxygen atoms in total. The molecule has 0 radical (unpaired) electrons. The highest BCUT2D eigenvalue weighted by molar-refractivity contribution is 5.82. The van der Waals surface area contributed by atoms with Crippen LogP contribution < -0.4 is 5.73 Å². The lowest BCUT2D eigenvalue weighted by Gasteiger charge is -2.36. The van der Waals surface area contributed by atoms with Gasteiger partial charge in [0, 0.05) is 19.1 Å². The zero-order valence-corrected chi connectivity index (χ0v) is 12.5. The van der Waals surface area contributed by atoms with E-state index in [2.05, 4.69) is 19.0 Å². The second kappa shape index (κ2) is 6.86. The molecular weight excluding hydrogens is 250 g/mol. The smallest absolute Gasteiger partial charge is 0.239 e. The Hall–Kier alpha value is -1.39. The van der Waals surface area contributed by atoms with Crippen molar-refractivity contribution in [2.45, 2.75) is 31.3 Å². The zero-order valence-electron chi connectivity index (χ0n) is 12.5. The Morgan fingerprint density at radius 2 is 1.90 bits per heavy atom. The van der Waals surface area contributed by atoms with Crippen LogP contribution in [0.15, 0.2) is 30.3 Å². The zero-order chi connectivity index (χ0) is 14.5. The summed E-state index contributed by atoms with van der Waals surface area (Å²) in [4.78, 5) is 16.5.